The van der Waals surface area contributed by atoms with Gasteiger partial charge in [0, 0.05) is 17.6 Å². The highest BCUT2D eigenvalue weighted by Gasteiger charge is 2.20. The SMILES string of the molecule is Clc1ccc(C2=CCCC2)cc1CNC1CC1. The normalized spacial score (nSPS) is 19.5. The summed E-state index contributed by atoms with van der Waals surface area (Å²) in [5.41, 5.74) is 4.10. The Labute approximate surface area is 108 Å². The standard InChI is InChI=1S/C15H18ClN/c16-15-8-5-12(11-3-1-2-4-11)9-13(15)10-17-14-6-7-14/h3,5,8-9,14,17H,1-2,4,6-7,10H2. The Bertz CT molecular complexity index is 446. The summed E-state index contributed by atoms with van der Waals surface area (Å²) in [4.78, 5) is 0. The number of allylic oxidation sites excluding steroid dienone is 2. The van der Waals surface area contributed by atoms with Crippen molar-refractivity contribution in [2.75, 3.05) is 0 Å². The van der Waals surface area contributed by atoms with Crippen LogP contribution < -0.4 is 5.32 Å². The molecule has 1 fully saturated rings. The third kappa shape index (κ3) is 2.72. The minimum Gasteiger partial charge on any atom is -0.310 e. The van der Waals surface area contributed by atoms with E-state index in [1.54, 1.807) is 0 Å². The Kier molecular flexibility index (Phi) is 3.21. The van der Waals surface area contributed by atoms with Crippen molar-refractivity contribution in [2.24, 2.45) is 0 Å². The van der Waals surface area contributed by atoms with Crippen LogP contribution in [0.3, 0.4) is 0 Å². The molecule has 1 aromatic carbocycles. The van der Waals surface area contributed by atoms with Gasteiger partial charge in [-0.3, -0.25) is 0 Å². The van der Waals surface area contributed by atoms with E-state index in [4.69, 9.17) is 11.6 Å². The fourth-order valence-electron chi connectivity index (χ4n) is 2.38. The first-order valence-corrected chi connectivity index (χ1v) is 6.92. The maximum absolute atomic E-state index is 6.25. The van der Waals surface area contributed by atoms with Crippen molar-refractivity contribution < 1.29 is 0 Å². The van der Waals surface area contributed by atoms with Crippen LogP contribution in [0.15, 0.2) is 24.3 Å². The molecule has 0 saturated heterocycles. The molecule has 1 nitrogen and oxygen atoms in total. The summed E-state index contributed by atoms with van der Waals surface area (Å²) in [7, 11) is 0. The number of nitrogens with one attached hydrogen (secondary N) is 1. The van der Waals surface area contributed by atoms with Gasteiger partial charge in [-0.1, -0.05) is 23.7 Å². The fourth-order valence-corrected chi connectivity index (χ4v) is 2.57. The lowest BCUT2D eigenvalue weighted by atomic mass is 10.0. The van der Waals surface area contributed by atoms with Crippen LogP contribution in [-0.2, 0) is 6.54 Å². The van der Waals surface area contributed by atoms with Gasteiger partial charge in [-0.25, -0.2) is 0 Å². The largest absolute Gasteiger partial charge is 0.310 e. The summed E-state index contributed by atoms with van der Waals surface area (Å²) in [6.45, 7) is 0.907. The highest BCUT2D eigenvalue weighted by Crippen LogP contribution is 2.30. The number of benzene rings is 1. The lowest BCUT2D eigenvalue weighted by Gasteiger charge is -2.09. The zero-order valence-electron chi connectivity index (χ0n) is 10.0. The lowest BCUT2D eigenvalue weighted by molar-refractivity contribution is 0.688. The van der Waals surface area contributed by atoms with Gasteiger partial charge in [0.25, 0.3) is 0 Å². The summed E-state index contributed by atoms with van der Waals surface area (Å²) in [6.07, 6.45) is 8.75. The molecule has 0 radical (unpaired) electrons. The van der Waals surface area contributed by atoms with Gasteiger partial charge in [-0.15, -0.1) is 0 Å². The van der Waals surface area contributed by atoms with E-state index < -0.39 is 0 Å². The molecule has 0 unspecified atom stereocenters. The minimum absolute atomic E-state index is 0.736. The van der Waals surface area contributed by atoms with E-state index in [9.17, 15) is 0 Å². The quantitative estimate of drug-likeness (QED) is 0.843. The molecule has 0 aliphatic heterocycles. The zero-order valence-corrected chi connectivity index (χ0v) is 10.8. The third-order valence-electron chi connectivity index (χ3n) is 3.62. The van der Waals surface area contributed by atoms with Crippen LogP contribution in [0, 0.1) is 0 Å². The van der Waals surface area contributed by atoms with Crippen LogP contribution >= 0.6 is 11.6 Å². The Hall–Kier alpha value is -0.790. The number of halogens is 1. The van der Waals surface area contributed by atoms with Crippen molar-refractivity contribution in [2.45, 2.75) is 44.7 Å². The molecule has 0 atom stereocenters. The van der Waals surface area contributed by atoms with Crippen LogP contribution in [-0.4, -0.2) is 6.04 Å². The van der Waals surface area contributed by atoms with E-state index in [2.05, 4.69) is 23.5 Å². The van der Waals surface area contributed by atoms with E-state index in [0.717, 1.165) is 17.6 Å². The second kappa shape index (κ2) is 4.83. The Morgan fingerprint density at radius 1 is 1.29 bits per heavy atom. The third-order valence-corrected chi connectivity index (χ3v) is 3.98. The van der Waals surface area contributed by atoms with Gasteiger partial charge in [0.1, 0.15) is 0 Å². The average molecular weight is 248 g/mol. The maximum atomic E-state index is 6.25. The molecule has 0 spiro atoms. The summed E-state index contributed by atoms with van der Waals surface area (Å²) in [5, 5.41) is 4.42. The maximum Gasteiger partial charge on any atom is 0.0451 e. The summed E-state index contributed by atoms with van der Waals surface area (Å²) in [5.74, 6) is 0. The monoisotopic (exact) mass is 247 g/mol. The lowest BCUT2D eigenvalue weighted by Crippen LogP contribution is -2.15. The van der Waals surface area contributed by atoms with E-state index in [1.165, 1.54) is 48.8 Å². The summed E-state index contributed by atoms with van der Waals surface area (Å²) >= 11 is 6.25. The molecule has 0 aromatic heterocycles. The molecule has 0 bridgehead atoms. The van der Waals surface area contributed by atoms with Crippen molar-refractivity contribution in [3.63, 3.8) is 0 Å². The number of hydrogen-bond acceptors (Lipinski definition) is 1. The molecular formula is C15H18ClN. The molecule has 0 heterocycles. The summed E-state index contributed by atoms with van der Waals surface area (Å²) in [6, 6.07) is 7.19. The van der Waals surface area contributed by atoms with Crippen LogP contribution in [0.1, 0.15) is 43.2 Å². The number of hydrogen-bond donors (Lipinski definition) is 1. The van der Waals surface area contributed by atoms with Gasteiger partial charge in [-0.2, -0.15) is 0 Å². The zero-order chi connectivity index (χ0) is 11.7. The molecule has 1 aromatic rings. The van der Waals surface area contributed by atoms with Crippen molar-refractivity contribution >= 4 is 17.2 Å². The molecule has 90 valence electrons. The topological polar surface area (TPSA) is 12.0 Å². The Morgan fingerprint density at radius 2 is 2.18 bits per heavy atom. The molecule has 2 aliphatic carbocycles. The highest BCUT2D eigenvalue weighted by molar-refractivity contribution is 6.31. The molecule has 1 N–H and O–H groups in total. The van der Waals surface area contributed by atoms with E-state index in [1.807, 2.05) is 6.07 Å². The first kappa shape index (κ1) is 11.3. The fraction of sp³-hybridized carbons (Fsp3) is 0.467. The smallest absolute Gasteiger partial charge is 0.0451 e. The van der Waals surface area contributed by atoms with Crippen molar-refractivity contribution in [3.8, 4) is 0 Å². The highest BCUT2D eigenvalue weighted by atomic mass is 35.5. The van der Waals surface area contributed by atoms with Gasteiger partial charge in [-0.05, 0) is 60.9 Å². The van der Waals surface area contributed by atoms with Gasteiger partial charge >= 0.3 is 0 Å². The van der Waals surface area contributed by atoms with Crippen LogP contribution in [0.4, 0.5) is 0 Å². The first-order chi connectivity index (χ1) is 8.33. The van der Waals surface area contributed by atoms with Crippen LogP contribution in [0.25, 0.3) is 5.57 Å². The Morgan fingerprint density at radius 3 is 2.88 bits per heavy atom. The van der Waals surface area contributed by atoms with Crippen LogP contribution in [0.2, 0.25) is 5.02 Å². The van der Waals surface area contributed by atoms with E-state index in [-0.39, 0.29) is 0 Å². The molecule has 2 aliphatic rings. The molecule has 2 heteroatoms. The molecular weight excluding hydrogens is 230 g/mol. The minimum atomic E-state index is 0.736. The number of rotatable bonds is 4. The average Bonchev–Trinajstić information content (AvgIpc) is 3.00. The molecule has 0 amide bonds. The predicted molar refractivity (Wildman–Crippen MR) is 73.1 cm³/mol. The molecule has 17 heavy (non-hydrogen) atoms. The van der Waals surface area contributed by atoms with E-state index in [0.29, 0.717) is 0 Å². The van der Waals surface area contributed by atoms with Gasteiger partial charge in [0.2, 0.25) is 0 Å². The Balaban J connectivity index is 1.78. The second-order valence-corrected chi connectivity index (χ2v) is 5.49. The van der Waals surface area contributed by atoms with Gasteiger partial charge < -0.3 is 5.32 Å². The molecule has 1 saturated carbocycles. The molecule has 3 rings (SSSR count). The van der Waals surface area contributed by atoms with Crippen LogP contribution in [0.5, 0.6) is 0 Å². The summed E-state index contributed by atoms with van der Waals surface area (Å²) < 4.78 is 0. The first-order valence-electron chi connectivity index (χ1n) is 6.54. The predicted octanol–water partition coefficient (Wildman–Crippen LogP) is 4.16. The van der Waals surface area contributed by atoms with E-state index >= 15 is 0 Å². The van der Waals surface area contributed by atoms with Gasteiger partial charge in [0.15, 0.2) is 0 Å². The van der Waals surface area contributed by atoms with Crippen molar-refractivity contribution in [1.29, 1.82) is 0 Å². The van der Waals surface area contributed by atoms with Crippen molar-refractivity contribution in [1.82, 2.24) is 5.32 Å². The van der Waals surface area contributed by atoms with Gasteiger partial charge in [0.05, 0.1) is 0 Å². The van der Waals surface area contributed by atoms with Crippen molar-refractivity contribution in [3.05, 3.63) is 40.4 Å². The second-order valence-electron chi connectivity index (χ2n) is 5.08.